The highest BCUT2D eigenvalue weighted by Gasteiger charge is 2.50. The number of nitrogens with zero attached hydrogens (tertiary/aromatic N) is 1. The fourth-order valence-electron chi connectivity index (χ4n) is 4.73. The first-order valence-corrected chi connectivity index (χ1v) is 11.1. The zero-order valence-electron chi connectivity index (χ0n) is 16.0. The summed E-state index contributed by atoms with van der Waals surface area (Å²) >= 11 is 0. The number of methoxy groups -OCH3 is 1. The monoisotopic (exact) mass is 385 g/mol. The van der Waals surface area contributed by atoms with Gasteiger partial charge in [0, 0.05) is 12.5 Å². The van der Waals surface area contributed by atoms with Crippen molar-refractivity contribution in [2.75, 3.05) is 13.7 Å². The van der Waals surface area contributed by atoms with E-state index in [-0.39, 0.29) is 12.0 Å². The standard InChI is InChI=1S/C22H27NO3S/c1-22(14-6-3-7-15-22)27(24,25)23-16-13-17-9-8-11-19(21(17)23)18-10-4-5-12-20(18)26-2/h3-7,9-10,12,14,19,21H,8,11,13,15-16H2,1-2H3/t19-,21+,22?/m0/s1. The Morgan fingerprint density at radius 2 is 2.04 bits per heavy atom. The predicted molar refractivity (Wildman–Crippen MR) is 108 cm³/mol. The summed E-state index contributed by atoms with van der Waals surface area (Å²) in [7, 11) is -1.80. The Kier molecular flexibility index (Phi) is 4.77. The molecule has 0 bridgehead atoms. The van der Waals surface area contributed by atoms with E-state index in [1.54, 1.807) is 11.4 Å². The van der Waals surface area contributed by atoms with Crippen LogP contribution in [0.1, 0.15) is 44.1 Å². The van der Waals surface area contributed by atoms with Crippen molar-refractivity contribution in [1.82, 2.24) is 4.31 Å². The maximum Gasteiger partial charge on any atom is 0.224 e. The lowest BCUT2D eigenvalue weighted by molar-refractivity contribution is 0.328. The average molecular weight is 386 g/mol. The van der Waals surface area contributed by atoms with Gasteiger partial charge in [-0.15, -0.1) is 0 Å². The van der Waals surface area contributed by atoms with Crippen molar-refractivity contribution in [2.24, 2.45) is 0 Å². The van der Waals surface area contributed by atoms with Crippen LogP contribution in [0, 0.1) is 0 Å². The third-order valence-electron chi connectivity index (χ3n) is 6.23. The fourth-order valence-corrected chi connectivity index (χ4v) is 6.74. The molecule has 1 saturated heterocycles. The zero-order valence-corrected chi connectivity index (χ0v) is 16.8. The molecule has 1 fully saturated rings. The molecule has 0 spiro atoms. The second-order valence-electron chi connectivity index (χ2n) is 7.82. The van der Waals surface area contributed by atoms with Crippen LogP contribution in [0.3, 0.4) is 0 Å². The maximum atomic E-state index is 13.7. The second kappa shape index (κ2) is 6.95. The number of hydrogen-bond donors (Lipinski definition) is 0. The summed E-state index contributed by atoms with van der Waals surface area (Å²) < 4.78 is 33.9. The molecular weight excluding hydrogens is 358 g/mol. The summed E-state index contributed by atoms with van der Waals surface area (Å²) in [5.74, 6) is 0.977. The minimum atomic E-state index is -3.48. The number of fused-ring (bicyclic) bond motifs is 1. The molecule has 0 amide bonds. The minimum absolute atomic E-state index is 0.101. The van der Waals surface area contributed by atoms with Gasteiger partial charge < -0.3 is 4.74 Å². The molecule has 1 aliphatic heterocycles. The van der Waals surface area contributed by atoms with Gasteiger partial charge in [0.1, 0.15) is 10.5 Å². The van der Waals surface area contributed by atoms with Gasteiger partial charge in [-0.3, -0.25) is 0 Å². The average Bonchev–Trinajstić information content (AvgIpc) is 3.13. The van der Waals surface area contributed by atoms with Gasteiger partial charge in [-0.1, -0.05) is 54.2 Å². The molecule has 0 saturated carbocycles. The van der Waals surface area contributed by atoms with Gasteiger partial charge in [0.2, 0.25) is 10.0 Å². The molecule has 144 valence electrons. The molecule has 4 rings (SSSR count). The van der Waals surface area contributed by atoms with Crippen molar-refractivity contribution < 1.29 is 13.2 Å². The molecule has 3 aliphatic rings. The predicted octanol–water partition coefficient (Wildman–Crippen LogP) is 4.18. The Labute approximate surface area is 162 Å². The highest BCUT2D eigenvalue weighted by Crippen LogP contribution is 2.47. The van der Waals surface area contributed by atoms with E-state index in [2.05, 4.69) is 12.1 Å². The second-order valence-corrected chi connectivity index (χ2v) is 10.2. The van der Waals surface area contributed by atoms with E-state index in [1.807, 2.05) is 49.4 Å². The number of hydrogen-bond acceptors (Lipinski definition) is 3. The van der Waals surface area contributed by atoms with Gasteiger partial charge in [-0.25, -0.2) is 8.42 Å². The third kappa shape index (κ3) is 2.97. The Morgan fingerprint density at radius 3 is 2.78 bits per heavy atom. The van der Waals surface area contributed by atoms with E-state index >= 15 is 0 Å². The number of para-hydroxylation sites is 1. The van der Waals surface area contributed by atoms with Crippen LogP contribution < -0.4 is 4.74 Å². The van der Waals surface area contributed by atoms with Crippen LogP contribution in [-0.4, -0.2) is 37.2 Å². The van der Waals surface area contributed by atoms with Crippen molar-refractivity contribution in [3.63, 3.8) is 0 Å². The van der Waals surface area contributed by atoms with E-state index < -0.39 is 14.8 Å². The summed E-state index contributed by atoms with van der Waals surface area (Å²) in [5, 5.41) is 0. The summed E-state index contributed by atoms with van der Waals surface area (Å²) in [6, 6.07) is 7.93. The van der Waals surface area contributed by atoms with Crippen molar-refractivity contribution >= 4 is 10.0 Å². The summed E-state index contributed by atoms with van der Waals surface area (Å²) in [6.07, 6.45) is 13.1. The van der Waals surface area contributed by atoms with Crippen molar-refractivity contribution in [1.29, 1.82) is 0 Å². The van der Waals surface area contributed by atoms with Gasteiger partial charge >= 0.3 is 0 Å². The Morgan fingerprint density at radius 1 is 1.22 bits per heavy atom. The molecule has 1 unspecified atom stereocenters. The van der Waals surface area contributed by atoms with Crippen LogP contribution >= 0.6 is 0 Å². The normalized spacial score (nSPS) is 30.8. The molecule has 3 atom stereocenters. The smallest absolute Gasteiger partial charge is 0.224 e. The van der Waals surface area contributed by atoms with E-state index in [1.165, 1.54) is 5.57 Å². The highest BCUT2D eigenvalue weighted by molar-refractivity contribution is 7.90. The van der Waals surface area contributed by atoms with Gasteiger partial charge in [0.05, 0.1) is 13.2 Å². The van der Waals surface area contributed by atoms with Crippen LogP contribution in [0.2, 0.25) is 0 Å². The first kappa shape index (κ1) is 18.5. The molecule has 1 aromatic rings. The first-order chi connectivity index (χ1) is 13.0. The summed E-state index contributed by atoms with van der Waals surface area (Å²) in [5.41, 5.74) is 2.38. The van der Waals surface area contributed by atoms with Crippen molar-refractivity contribution in [3.8, 4) is 5.75 Å². The number of sulfonamides is 1. The molecule has 0 N–H and O–H groups in total. The summed E-state index contributed by atoms with van der Waals surface area (Å²) in [6.45, 7) is 2.41. The van der Waals surface area contributed by atoms with E-state index in [9.17, 15) is 8.42 Å². The lowest BCUT2D eigenvalue weighted by Gasteiger charge is -2.39. The lowest BCUT2D eigenvalue weighted by atomic mass is 9.80. The van der Waals surface area contributed by atoms with Crippen LogP contribution in [0.15, 0.2) is 60.2 Å². The fraction of sp³-hybridized carbons (Fsp3) is 0.455. The number of benzene rings is 1. The molecular formula is C22H27NO3S. The van der Waals surface area contributed by atoms with Crippen LogP contribution in [0.5, 0.6) is 5.75 Å². The van der Waals surface area contributed by atoms with Crippen LogP contribution in [0.4, 0.5) is 0 Å². The third-order valence-corrected chi connectivity index (χ3v) is 8.74. The maximum absolute atomic E-state index is 13.7. The molecule has 5 heteroatoms. The molecule has 1 aromatic carbocycles. The SMILES string of the molecule is COc1ccccc1[C@@H]1CCC=C2CCN(S(=O)(=O)C3(C)C=CC=CC3)[C@H]21. The molecule has 0 radical (unpaired) electrons. The van der Waals surface area contributed by atoms with E-state index in [0.29, 0.717) is 13.0 Å². The first-order valence-electron chi connectivity index (χ1n) is 9.65. The topological polar surface area (TPSA) is 46.6 Å². The molecule has 27 heavy (non-hydrogen) atoms. The lowest BCUT2D eigenvalue weighted by Crippen LogP contribution is -2.49. The minimum Gasteiger partial charge on any atom is -0.496 e. The van der Waals surface area contributed by atoms with E-state index in [0.717, 1.165) is 30.6 Å². The zero-order chi connectivity index (χ0) is 19.1. The Bertz CT molecular complexity index is 915. The van der Waals surface area contributed by atoms with Gasteiger partial charge in [-0.2, -0.15) is 4.31 Å². The molecule has 2 aliphatic carbocycles. The van der Waals surface area contributed by atoms with Crippen molar-refractivity contribution in [2.45, 2.75) is 49.3 Å². The highest BCUT2D eigenvalue weighted by atomic mass is 32.2. The number of ether oxygens (including phenoxy) is 1. The molecule has 0 aromatic heterocycles. The van der Waals surface area contributed by atoms with Crippen LogP contribution in [0.25, 0.3) is 0 Å². The largest absolute Gasteiger partial charge is 0.496 e. The van der Waals surface area contributed by atoms with Gasteiger partial charge in [0.15, 0.2) is 0 Å². The van der Waals surface area contributed by atoms with Crippen molar-refractivity contribution in [3.05, 3.63) is 65.8 Å². The Balaban J connectivity index is 1.75. The van der Waals surface area contributed by atoms with Gasteiger partial charge in [-0.05, 0) is 44.2 Å². The Hall–Kier alpha value is -1.85. The summed E-state index contributed by atoms with van der Waals surface area (Å²) in [4.78, 5) is 0. The van der Waals surface area contributed by atoms with Crippen LogP contribution in [-0.2, 0) is 10.0 Å². The number of allylic oxidation sites excluding steroid dienone is 4. The van der Waals surface area contributed by atoms with Gasteiger partial charge in [0.25, 0.3) is 0 Å². The number of rotatable bonds is 4. The molecule has 1 heterocycles. The molecule has 4 nitrogen and oxygen atoms in total. The quantitative estimate of drug-likeness (QED) is 0.731. The van der Waals surface area contributed by atoms with E-state index in [4.69, 9.17) is 4.74 Å².